The van der Waals surface area contributed by atoms with E-state index < -0.39 is 0 Å². The molecule has 0 unspecified atom stereocenters. The summed E-state index contributed by atoms with van der Waals surface area (Å²) in [5.74, 6) is 0.220. The second kappa shape index (κ2) is 4.78. The van der Waals surface area contributed by atoms with Crippen molar-refractivity contribution in [2.24, 2.45) is 0 Å². The number of carbonyl (C=O) groups is 1. The number of fused-ring (bicyclic) bond motifs is 1. The van der Waals surface area contributed by atoms with E-state index in [-0.39, 0.29) is 11.7 Å². The van der Waals surface area contributed by atoms with Crippen LogP contribution < -0.4 is 10.6 Å². The third-order valence-corrected chi connectivity index (χ3v) is 2.55. The fourth-order valence-electron chi connectivity index (χ4n) is 1.62. The molecule has 0 atom stereocenters. The highest BCUT2D eigenvalue weighted by Crippen LogP contribution is 2.26. The van der Waals surface area contributed by atoms with Gasteiger partial charge in [0.15, 0.2) is 0 Å². The van der Waals surface area contributed by atoms with E-state index in [0.717, 1.165) is 16.6 Å². The van der Waals surface area contributed by atoms with Crippen molar-refractivity contribution in [2.45, 2.75) is 13.3 Å². The molecule has 1 aromatic heterocycles. The Labute approximate surface area is 98.8 Å². The van der Waals surface area contributed by atoms with E-state index in [2.05, 4.69) is 15.6 Å². The number of amides is 1. The van der Waals surface area contributed by atoms with Gasteiger partial charge in [-0.25, -0.2) is 0 Å². The quantitative estimate of drug-likeness (QED) is 0.608. The normalized spacial score (nSPS) is 10.4. The monoisotopic (exact) mass is 233 g/mol. The van der Waals surface area contributed by atoms with Crippen molar-refractivity contribution in [2.75, 3.05) is 12.0 Å². The summed E-state index contributed by atoms with van der Waals surface area (Å²) in [6, 6.07) is 5.11. The Bertz CT molecular complexity index is 534. The number of phenolic OH excluding ortho intramolecular Hbond substituents is 1. The molecule has 5 nitrogen and oxygen atoms in total. The number of benzene rings is 1. The molecule has 2 rings (SSSR count). The summed E-state index contributed by atoms with van der Waals surface area (Å²) in [6.45, 7) is 2.17. The minimum atomic E-state index is 0.000175. The van der Waals surface area contributed by atoms with Crippen molar-refractivity contribution in [1.82, 2.24) is 10.3 Å². The lowest BCUT2D eigenvalue weighted by Gasteiger charge is -2.06. The Hall–Kier alpha value is -2.17. The van der Waals surface area contributed by atoms with Gasteiger partial charge in [0.1, 0.15) is 5.75 Å². The lowest BCUT2D eigenvalue weighted by atomic mass is 10.2. The van der Waals surface area contributed by atoms with Gasteiger partial charge in [-0.15, -0.1) is 0 Å². The van der Waals surface area contributed by atoms with Crippen LogP contribution in [-0.4, -0.2) is 22.7 Å². The van der Waals surface area contributed by atoms with Gasteiger partial charge in [0.05, 0.1) is 12.4 Å². The first-order chi connectivity index (χ1) is 8.20. The van der Waals surface area contributed by atoms with Gasteiger partial charge in [-0.05, 0) is 18.2 Å². The van der Waals surface area contributed by atoms with E-state index in [0.29, 0.717) is 13.1 Å². The Morgan fingerprint density at radius 3 is 3.06 bits per heavy atom. The summed E-state index contributed by atoms with van der Waals surface area (Å²) in [4.78, 5) is 14.1. The standard InChI is InChI=1S/C12H15N3O2/c1-2-12(17)15-7-14-11-6-13-10-4-3-8(16)5-9(10)11/h3-6,13-14,16H,2,7H2,1H3,(H,15,17). The highest BCUT2D eigenvalue weighted by Gasteiger charge is 2.04. The van der Waals surface area contributed by atoms with Crippen LogP contribution in [0.2, 0.25) is 0 Å². The molecule has 0 bridgehead atoms. The van der Waals surface area contributed by atoms with Crippen LogP contribution >= 0.6 is 0 Å². The predicted octanol–water partition coefficient (Wildman–Crippen LogP) is 1.77. The SMILES string of the molecule is CCC(=O)NCNc1c[nH]c2ccc(O)cc12. The number of aromatic amines is 1. The first kappa shape index (κ1) is 11.3. The molecule has 0 spiro atoms. The molecule has 5 heteroatoms. The summed E-state index contributed by atoms with van der Waals surface area (Å²) in [5, 5.41) is 16.1. The average molecular weight is 233 g/mol. The molecule has 0 aliphatic carbocycles. The van der Waals surface area contributed by atoms with E-state index in [4.69, 9.17) is 0 Å². The van der Waals surface area contributed by atoms with Crippen molar-refractivity contribution in [3.63, 3.8) is 0 Å². The smallest absolute Gasteiger partial charge is 0.221 e. The topological polar surface area (TPSA) is 77.2 Å². The number of aromatic hydroxyl groups is 1. The second-order valence-corrected chi connectivity index (χ2v) is 3.74. The Balaban J connectivity index is 2.08. The second-order valence-electron chi connectivity index (χ2n) is 3.74. The maximum atomic E-state index is 11.1. The van der Waals surface area contributed by atoms with E-state index >= 15 is 0 Å². The van der Waals surface area contributed by atoms with Crippen molar-refractivity contribution in [1.29, 1.82) is 0 Å². The minimum Gasteiger partial charge on any atom is -0.508 e. The van der Waals surface area contributed by atoms with Crippen molar-refractivity contribution < 1.29 is 9.90 Å². The number of nitrogens with one attached hydrogen (secondary N) is 3. The van der Waals surface area contributed by atoms with Crippen LogP contribution in [-0.2, 0) is 4.79 Å². The molecule has 0 aliphatic heterocycles. The predicted molar refractivity (Wildman–Crippen MR) is 66.9 cm³/mol. The van der Waals surface area contributed by atoms with Gasteiger partial charge in [0, 0.05) is 23.5 Å². The Morgan fingerprint density at radius 2 is 2.29 bits per heavy atom. The molecule has 2 aromatic rings. The van der Waals surface area contributed by atoms with Crippen molar-refractivity contribution in [3.8, 4) is 5.75 Å². The van der Waals surface area contributed by atoms with Crippen molar-refractivity contribution in [3.05, 3.63) is 24.4 Å². The third-order valence-electron chi connectivity index (χ3n) is 2.55. The van der Waals surface area contributed by atoms with E-state index in [9.17, 15) is 9.90 Å². The number of hydrogen-bond acceptors (Lipinski definition) is 3. The van der Waals surface area contributed by atoms with Gasteiger partial charge in [0.2, 0.25) is 5.91 Å². The molecular formula is C12H15N3O2. The number of phenols is 1. The van der Waals surface area contributed by atoms with Crippen molar-refractivity contribution >= 4 is 22.5 Å². The number of rotatable bonds is 4. The molecule has 0 saturated carbocycles. The summed E-state index contributed by atoms with van der Waals surface area (Å²) < 4.78 is 0. The number of H-pyrrole nitrogens is 1. The summed E-state index contributed by atoms with van der Waals surface area (Å²) in [5.41, 5.74) is 1.79. The first-order valence-electron chi connectivity index (χ1n) is 5.51. The zero-order valence-corrected chi connectivity index (χ0v) is 9.58. The highest BCUT2D eigenvalue weighted by atomic mass is 16.3. The number of anilines is 1. The fourth-order valence-corrected chi connectivity index (χ4v) is 1.62. The Morgan fingerprint density at radius 1 is 1.47 bits per heavy atom. The minimum absolute atomic E-state index is 0.000175. The number of carbonyl (C=O) groups excluding carboxylic acids is 1. The first-order valence-corrected chi connectivity index (χ1v) is 5.51. The molecule has 1 aromatic carbocycles. The lowest BCUT2D eigenvalue weighted by molar-refractivity contribution is -0.120. The molecule has 0 aliphatic rings. The van der Waals surface area contributed by atoms with Gasteiger partial charge >= 0.3 is 0 Å². The molecule has 90 valence electrons. The van der Waals surface area contributed by atoms with Gasteiger partial charge < -0.3 is 20.7 Å². The number of hydrogen-bond donors (Lipinski definition) is 4. The third kappa shape index (κ3) is 2.50. The van der Waals surface area contributed by atoms with Crippen LogP contribution in [0, 0.1) is 0 Å². The zero-order valence-electron chi connectivity index (χ0n) is 9.58. The molecule has 1 amide bonds. The van der Waals surface area contributed by atoms with Crippen LogP contribution in [0.3, 0.4) is 0 Å². The van der Waals surface area contributed by atoms with E-state index in [1.807, 2.05) is 6.20 Å². The lowest BCUT2D eigenvalue weighted by Crippen LogP contribution is -2.27. The zero-order chi connectivity index (χ0) is 12.3. The van der Waals surface area contributed by atoms with Crippen LogP contribution in [0.15, 0.2) is 24.4 Å². The van der Waals surface area contributed by atoms with Crippen LogP contribution in [0.5, 0.6) is 5.75 Å². The van der Waals surface area contributed by atoms with Crippen LogP contribution in [0.4, 0.5) is 5.69 Å². The molecule has 4 N–H and O–H groups in total. The van der Waals surface area contributed by atoms with Crippen LogP contribution in [0.25, 0.3) is 10.9 Å². The molecule has 1 heterocycles. The average Bonchev–Trinajstić information content (AvgIpc) is 2.72. The fraction of sp³-hybridized carbons (Fsp3) is 0.250. The molecule has 0 fully saturated rings. The maximum absolute atomic E-state index is 11.1. The van der Waals surface area contributed by atoms with Gasteiger partial charge in [-0.3, -0.25) is 4.79 Å². The van der Waals surface area contributed by atoms with Crippen LogP contribution in [0.1, 0.15) is 13.3 Å². The van der Waals surface area contributed by atoms with Gasteiger partial charge in [-0.2, -0.15) is 0 Å². The molecular weight excluding hydrogens is 218 g/mol. The maximum Gasteiger partial charge on any atom is 0.221 e. The molecule has 17 heavy (non-hydrogen) atoms. The molecule has 0 saturated heterocycles. The van der Waals surface area contributed by atoms with E-state index in [1.54, 1.807) is 25.1 Å². The highest BCUT2D eigenvalue weighted by molar-refractivity contribution is 5.93. The van der Waals surface area contributed by atoms with Gasteiger partial charge in [0.25, 0.3) is 0 Å². The molecule has 0 radical (unpaired) electrons. The summed E-state index contributed by atoms with van der Waals surface area (Å²) in [6.07, 6.45) is 2.28. The van der Waals surface area contributed by atoms with Gasteiger partial charge in [-0.1, -0.05) is 6.92 Å². The summed E-state index contributed by atoms with van der Waals surface area (Å²) >= 11 is 0. The number of aromatic nitrogens is 1. The largest absolute Gasteiger partial charge is 0.508 e. The Kier molecular flexibility index (Phi) is 3.18. The summed E-state index contributed by atoms with van der Waals surface area (Å²) in [7, 11) is 0. The van der Waals surface area contributed by atoms with E-state index in [1.165, 1.54) is 0 Å².